The second kappa shape index (κ2) is 5.71. The Labute approximate surface area is 115 Å². The Bertz CT molecular complexity index is 613. The predicted molar refractivity (Wildman–Crippen MR) is 73.9 cm³/mol. The minimum Gasteiger partial charge on any atom is -0.457 e. The van der Waals surface area contributed by atoms with Crippen LogP contribution in [0.4, 0.5) is 5.69 Å². The summed E-state index contributed by atoms with van der Waals surface area (Å²) in [5, 5.41) is 10.7. The van der Waals surface area contributed by atoms with Crippen molar-refractivity contribution < 1.29 is 9.66 Å². The van der Waals surface area contributed by atoms with Crippen molar-refractivity contribution in [2.45, 2.75) is 12.8 Å². The van der Waals surface area contributed by atoms with Gasteiger partial charge in [-0.05, 0) is 30.2 Å². The Balaban J connectivity index is 2.26. The molecule has 0 bridgehead atoms. The van der Waals surface area contributed by atoms with E-state index in [1.54, 1.807) is 12.1 Å². The molecule has 0 fully saturated rings. The topological polar surface area (TPSA) is 52.4 Å². The van der Waals surface area contributed by atoms with Gasteiger partial charge in [0.25, 0.3) is 5.69 Å². The van der Waals surface area contributed by atoms with Crippen LogP contribution >= 0.6 is 11.6 Å². The zero-order chi connectivity index (χ0) is 13.8. The zero-order valence-electron chi connectivity index (χ0n) is 10.3. The monoisotopic (exact) mass is 277 g/mol. The van der Waals surface area contributed by atoms with Gasteiger partial charge in [0.15, 0.2) is 0 Å². The van der Waals surface area contributed by atoms with Gasteiger partial charge in [-0.25, -0.2) is 0 Å². The van der Waals surface area contributed by atoms with E-state index in [0.717, 1.165) is 11.1 Å². The maximum Gasteiger partial charge on any atom is 0.273 e. The molecule has 19 heavy (non-hydrogen) atoms. The second-order valence-electron chi connectivity index (χ2n) is 4.09. The van der Waals surface area contributed by atoms with Gasteiger partial charge in [-0.2, -0.15) is 0 Å². The molecule has 0 aliphatic carbocycles. The molecule has 0 N–H and O–H groups in total. The van der Waals surface area contributed by atoms with E-state index in [-0.39, 0.29) is 5.69 Å². The number of hydrogen-bond acceptors (Lipinski definition) is 3. The number of aryl methyl sites for hydroxylation is 1. The molecule has 0 radical (unpaired) electrons. The third-order valence-corrected chi connectivity index (χ3v) is 2.96. The molecule has 4 nitrogen and oxygen atoms in total. The van der Waals surface area contributed by atoms with E-state index in [4.69, 9.17) is 16.3 Å². The quantitative estimate of drug-likeness (QED) is 0.472. The van der Waals surface area contributed by atoms with Gasteiger partial charge in [0.1, 0.15) is 11.5 Å². The lowest BCUT2D eigenvalue weighted by Gasteiger charge is -2.09. The summed E-state index contributed by atoms with van der Waals surface area (Å²) >= 11 is 5.75. The third kappa shape index (κ3) is 3.23. The van der Waals surface area contributed by atoms with Crippen LogP contribution in [0.5, 0.6) is 11.5 Å². The van der Waals surface area contributed by atoms with Gasteiger partial charge in [0, 0.05) is 11.9 Å². The average molecular weight is 278 g/mol. The van der Waals surface area contributed by atoms with Crippen LogP contribution in [0.3, 0.4) is 0 Å². The average Bonchev–Trinajstić information content (AvgIpc) is 2.41. The number of nitro groups is 1. The molecule has 0 aliphatic heterocycles. The van der Waals surface area contributed by atoms with Crippen LogP contribution in [0.25, 0.3) is 0 Å². The number of benzene rings is 2. The maximum atomic E-state index is 10.7. The molecule has 0 aromatic heterocycles. The van der Waals surface area contributed by atoms with Crippen molar-refractivity contribution >= 4 is 17.3 Å². The Kier molecular flexibility index (Phi) is 4.02. The van der Waals surface area contributed by atoms with E-state index in [2.05, 4.69) is 0 Å². The van der Waals surface area contributed by atoms with Gasteiger partial charge in [-0.15, -0.1) is 11.6 Å². The molecule has 0 amide bonds. The lowest BCUT2D eigenvalue weighted by Crippen LogP contribution is -1.91. The lowest BCUT2D eigenvalue weighted by atomic mass is 10.1. The molecule has 0 spiro atoms. The Morgan fingerprint density at radius 2 is 2.05 bits per heavy atom. The van der Waals surface area contributed by atoms with Gasteiger partial charge in [0.05, 0.1) is 11.0 Å². The fourth-order valence-corrected chi connectivity index (χ4v) is 1.86. The molecule has 98 valence electrons. The number of nitrogens with zero attached hydrogens (tertiary/aromatic N) is 1. The summed E-state index contributed by atoms with van der Waals surface area (Å²) in [6.07, 6.45) is 0. The summed E-state index contributed by atoms with van der Waals surface area (Å²) in [5.74, 6) is 1.54. The summed E-state index contributed by atoms with van der Waals surface area (Å²) in [7, 11) is 0. The van der Waals surface area contributed by atoms with Crippen LogP contribution in [0.1, 0.15) is 11.1 Å². The number of non-ortho nitro benzene ring substituents is 1. The van der Waals surface area contributed by atoms with E-state index < -0.39 is 4.92 Å². The first kappa shape index (κ1) is 13.4. The van der Waals surface area contributed by atoms with Crippen LogP contribution in [0.15, 0.2) is 42.5 Å². The zero-order valence-corrected chi connectivity index (χ0v) is 11.1. The van der Waals surface area contributed by atoms with E-state index in [9.17, 15) is 10.1 Å². The molecular formula is C14H12ClNO3. The number of hydrogen-bond donors (Lipinski definition) is 0. The maximum absolute atomic E-state index is 10.7. The number of alkyl halides is 1. The summed E-state index contributed by atoms with van der Waals surface area (Å²) in [6.45, 7) is 1.91. The highest BCUT2D eigenvalue weighted by atomic mass is 35.5. The molecule has 5 heteroatoms. The Morgan fingerprint density at radius 3 is 2.68 bits per heavy atom. The van der Waals surface area contributed by atoms with E-state index in [1.807, 2.05) is 25.1 Å². The van der Waals surface area contributed by atoms with Crippen LogP contribution < -0.4 is 4.74 Å². The van der Waals surface area contributed by atoms with Crippen LogP contribution in [-0.4, -0.2) is 4.92 Å². The number of ether oxygens (including phenoxy) is 1. The van der Waals surface area contributed by atoms with Gasteiger partial charge in [-0.3, -0.25) is 10.1 Å². The Morgan fingerprint density at radius 1 is 1.26 bits per heavy atom. The molecule has 2 rings (SSSR count). The van der Waals surface area contributed by atoms with Crippen molar-refractivity contribution in [3.8, 4) is 11.5 Å². The van der Waals surface area contributed by atoms with E-state index in [1.165, 1.54) is 12.1 Å². The summed E-state index contributed by atoms with van der Waals surface area (Å²) in [6, 6.07) is 11.7. The molecule has 0 heterocycles. The van der Waals surface area contributed by atoms with Gasteiger partial charge in [-0.1, -0.05) is 18.2 Å². The third-order valence-electron chi connectivity index (χ3n) is 2.65. The van der Waals surface area contributed by atoms with Crippen molar-refractivity contribution in [2.75, 3.05) is 0 Å². The number of nitro benzene ring substituents is 1. The van der Waals surface area contributed by atoms with Crippen molar-refractivity contribution in [2.24, 2.45) is 0 Å². The van der Waals surface area contributed by atoms with Crippen molar-refractivity contribution in [3.05, 3.63) is 63.7 Å². The highest BCUT2D eigenvalue weighted by Crippen LogP contribution is 2.28. The highest BCUT2D eigenvalue weighted by Gasteiger charge is 2.08. The predicted octanol–water partition coefficient (Wildman–Crippen LogP) is 4.43. The molecule has 2 aromatic carbocycles. The van der Waals surface area contributed by atoms with Crippen LogP contribution in [0.2, 0.25) is 0 Å². The minimum absolute atomic E-state index is 0.00697. The van der Waals surface area contributed by atoms with Crippen molar-refractivity contribution in [1.82, 2.24) is 0 Å². The van der Waals surface area contributed by atoms with Crippen molar-refractivity contribution in [1.29, 1.82) is 0 Å². The normalized spacial score (nSPS) is 10.2. The smallest absolute Gasteiger partial charge is 0.273 e. The standard InChI is InChI=1S/C14H12ClNO3/c1-10-7-11(9-15)5-6-14(10)19-13-4-2-3-12(8-13)16(17)18/h2-8H,9H2,1H3. The number of rotatable bonds is 4. The first-order valence-corrected chi connectivity index (χ1v) is 6.21. The Hall–Kier alpha value is -2.07. The SMILES string of the molecule is Cc1cc(CCl)ccc1Oc1cccc([N+](=O)[O-])c1. The molecule has 0 atom stereocenters. The lowest BCUT2D eigenvalue weighted by molar-refractivity contribution is -0.384. The molecule has 0 saturated carbocycles. The fourth-order valence-electron chi connectivity index (χ4n) is 1.70. The minimum atomic E-state index is -0.448. The first-order valence-electron chi connectivity index (χ1n) is 5.68. The fraction of sp³-hybridized carbons (Fsp3) is 0.143. The largest absolute Gasteiger partial charge is 0.457 e. The van der Waals surface area contributed by atoms with Crippen molar-refractivity contribution in [3.63, 3.8) is 0 Å². The van der Waals surface area contributed by atoms with Gasteiger partial charge in [0.2, 0.25) is 0 Å². The van der Waals surface area contributed by atoms with E-state index >= 15 is 0 Å². The second-order valence-corrected chi connectivity index (χ2v) is 4.36. The van der Waals surface area contributed by atoms with E-state index in [0.29, 0.717) is 17.4 Å². The van der Waals surface area contributed by atoms with Gasteiger partial charge < -0.3 is 4.74 Å². The van der Waals surface area contributed by atoms with Crippen LogP contribution in [-0.2, 0) is 5.88 Å². The summed E-state index contributed by atoms with van der Waals surface area (Å²) in [4.78, 5) is 10.2. The summed E-state index contributed by atoms with van der Waals surface area (Å²) in [5.41, 5.74) is 1.95. The molecule has 2 aromatic rings. The number of halogens is 1. The van der Waals surface area contributed by atoms with Crippen LogP contribution in [0, 0.1) is 17.0 Å². The summed E-state index contributed by atoms with van der Waals surface area (Å²) < 4.78 is 5.65. The molecule has 0 saturated heterocycles. The molecule has 0 unspecified atom stereocenters. The molecular weight excluding hydrogens is 266 g/mol. The van der Waals surface area contributed by atoms with Gasteiger partial charge >= 0.3 is 0 Å². The molecule has 0 aliphatic rings. The first-order chi connectivity index (χ1) is 9.10. The highest BCUT2D eigenvalue weighted by molar-refractivity contribution is 6.17.